The summed E-state index contributed by atoms with van der Waals surface area (Å²) in [7, 11) is 0. The Labute approximate surface area is 119 Å². The van der Waals surface area contributed by atoms with Gasteiger partial charge in [-0.05, 0) is 30.0 Å². The number of fused-ring (bicyclic) bond motifs is 3. The number of ketones is 1. The van der Waals surface area contributed by atoms with Gasteiger partial charge in [-0.2, -0.15) is 0 Å². The van der Waals surface area contributed by atoms with Gasteiger partial charge in [0, 0.05) is 30.0 Å². The molecule has 1 aromatic rings. The average molecular weight is 269 g/mol. The first-order chi connectivity index (χ1) is 9.79. The molecule has 3 heteroatoms. The highest BCUT2D eigenvalue weighted by Crippen LogP contribution is 2.32. The minimum Gasteiger partial charge on any atom is -0.378 e. The van der Waals surface area contributed by atoms with Crippen LogP contribution in [-0.4, -0.2) is 31.1 Å². The van der Waals surface area contributed by atoms with E-state index in [-0.39, 0.29) is 5.92 Å². The van der Waals surface area contributed by atoms with Crippen LogP contribution in [0, 0.1) is 5.92 Å². The fourth-order valence-corrected chi connectivity index (χ4v) is 3.75. The minimum absolute atomic E-state index is 0.177. The molecule has 1 N–H and O–H groups in total. The lowest BCUT2D eigenvalue weighted by molar-refractivity contribution is -0.122. The molecule has 0 spiro atoms. The van der Waals surface area contributed by atoms with E-state index >= 15 is 0 Å². The topological polar surface area (TPSA) is 38.3 Å². The standard InChI is InChI=1S/C17H19NO2/c19-17(13-5-11-3-1-2-4-12(11)6-13)14-7-15-9-20-10-16(8-14)18-15/h1-5,14-16,18H,6-10H2. The van der Waals surface area contributed by atoms with Gasteiger partial charge >= 0.3 is 0 Å². The van der Waals surface area contributed by atoms with Crippen LogP contribution in [0.25, 0.3) is 6.08 Å². The molecule has 0 radical (unpaired) electrons. The number of piperidine rings is 1. The molecule has 3 aliphatic rings. The van der Waals surface area contributed by atoms with E-state index in [1.54, 1.807) is 0 Å². The van der Waals surface area contributed by atoms with Gasteiger partial charge in [-0.15, -0.1) is 0 Å². The number of allylic oxidation sites excluding steroid dienone is 1. The number of rotatable bonds is 2. The number of hydrogen-bond donors (Lipinski definition) is 1. The lowest BCUT2D eigenvalue weighted by Gasteiger charge is -2.39. The first kappa shape index (κ1) is 12.3. The van der Waals surface area contributed by atoms with Crippen molar-refractivity contribution in [2.24, 2.45) is 5.92 Å². The van der Waals surface area contributed by atoms with Gasteiger partial charge < -0.3 is 10.1 Å². The summed E-state index contributed by atoms with van der Waals surface area (Å²) in [6.07, 6.45) is 4.74. The summed E-state index contributed by atoms with van der Waals surface area (Å²) in [5, 5.41) is 3.55. The molecule has 2 fully saturated rings. The van der Waals surface area contributed by atoms with Gasteiger partial charge in [0.15, 0.2) is 5.78 Å². The van der Waals surface area contributed by atoms with Gasteiger partial charge in [-0.25, -0.2) is 0 Å². The van der Waals surface area contributed by atoms with Crippen LogP contribution in [0.2, 0.25) is 0 Å². The number of hydrogen-bond acceptors (Lipinski definition) is 3. The summed E-state index contributed by atoms with van der Waals surface area (Å²) in [6, 6.07) is 9.03. The molecule has 3 nitrogen and oxygen atoms in total. The van der Waals surface area contributed by atoms with Gasteiger partial charge in [0.1, 0.15) is 0 Å². The normalized spacial score (nSPS) is 31.6. The van der Waals surface area contributed by atoms with Crippen molar-refractivity contribution in [3.63, 3.8) is 0 Å². The Balaban J connectivity index is 1.52. The maximum absolute atomic E-state index is 12.8. The highest BCUT2D eigenvalue weighted by Gasteiger charge is 2.36. The first-order valence-corrected chi connectivity index (χ1v) is 7.46. The largest absolute Gasteiger partial charge is 0.378 e. The smallest absolute Gasteiger partial charge is 0.162 e. The summed E-state index contributed by atoms with van der Waals surface area (Å²) in [5.41, 5.74) is 3.50. The van der Waals surface area contributed by atoms with Crippen LogP contribution in [0.4, 0.5) is 0 Å². The highest BCUT2D eigenvalue weighted by atomic mass is 16.5. The van der Waals surface area contributed by atoms with E-state index in [4.69, 9.17) is 4.74 Å². The van der Waals surface area contributed by atoms with Crippen LogP contribution in [-0.2, 0) is 16.0 Å². The SMILES string of the molecule is O=C(C1=Cc2ccccc2C1)C1CC2COCC(C1)N2. The Morgan fingerprint density at radius 1 is 1.15 bits per heavy atom. The Kier molecular flexibility index (Phi) is 2.97. The number of nitrogens with one attached hydrogen (secondary N) is 1. The molecule has 2 heterocycles. The monoisotopic (exact) mass is 269 g/mol. The van der Waals surface area contributed by atoms with E-state index < -0.39 is 0 Å². The van der Waals surface area contributed by atoms with Gasteiger partial charge in [0.25, 0.3) is 0 Å². The number of Topliss-reactive ketones (excluding diaryl/α,β-unsaturated/α-hetero) is 1. The third-order valence-electron chi connectivity index (χ3n) is 4.70. The number of morpholine rings is 1. The third-order valence-corrected chi connectivity index (χ3v) is 4.70. The molecule has 20 heavy (non-hydrogen) atoms. The van der Waals surface area contributed by atoms with E-state index in [1.807, 2.05) is 12.1 Å². The predicted octanol–water partition coefficient (Wildman–Crippen LogP) is 1.96. The van der Waals surface area contributed by atoms with Crippen LogP contribution in [0.15, 0.2) is 29.8 Å². The van der Waals surface area contributed by atoms with Crippen molar-refractivity contribution in [2.75, 3.05) is 13.2 Å². The van der Waals surface area contributed by atoms with E-state index in [0.717, 1.165) is 38.0 Å². The Bertz CT molecular complexity index is 566. The Hall–Kier alpha value is -1.45. The molecule has 2 bridgehead atoms. The third kappa shape index (κ3) is 2.11. The molecule has 0 amide bonds. The number of carbonyl (C=O) groups excluding carboxylic acids is 1. The number of ether oxygens (including phenoxy) is 1. The van der Waals surface area contributed by atoms with Gasteiger partial charge in [-0.1, -0.05) is 24.3 Å². The summed E-state index contributed by atoms with van der Waals surface area (Å²) < 4.78 is 5.55. The van der Waals surface area contributed by atoms with Crippen LogP contribution < -0.4 is 5.32 Å². The van der Waals surface area contributed by atoms with Gasteiger partial charge in [0.2, 0.25) is 0 Å². The number of carbonyl (C=O) groups is 1. The molecule has 2 atom stereocenters. The van der Waals surface area contributed by atoms with E-state index in [0.29, 0.717) is 17.9 Å². The van der Waals surface area contributed by atoms with Crippen LogP contribution in [0.1, 0.15) is 24.0 Å². The van der Waals surface area contributed by atoms with Crippen LogP contribution in [0.3, 0.4) is 0 Å². The van der Waals surface area contributed by atoms with Crippen molar-refractivity contribution in [3.05, 3.63) is 41.0 Å². The van der Waals surface area contributed by atoms with Crippen molar-refractivity contribution in [2.45, 2.75) is 31.3 Å². The number of benzene rings is 1. The zero-order chi connectivity index (χ0) is 13.5. The van der Waals surface area contributed by atoms with Crippen LogP contribution in [0.5, 0.6) is 0 Å². The zero-order valence-electron chi connectivity index (χ0n) is 11.5. The summed E-state index contributed by atoms with van der Waals surface area (Å²) >= 11 is 0. The Morgan fingerprint density at radius 3 is 2.65 bits per heavy atom. The molecule has 4 rings (SSSR count). The molecule has 1 aromatic carbocycles. The Morgan fingerprint density at radius 2 is 1.90 bits per heavy atom. The highest BCUT2D eigenvalue weighted by molar-refractivity contribution is 6.03. The van der Waals surface area contributed by atoms with E-state index in [9.17, 15) is 4.79 Å². The second kappa shape index (κ2) is 4.83. The van der Waals surface area contributed by atoms with Crippen LogP contribution >= 0.6 is 0 Å². The molecule has 1 aliphatic carbocycles. The van der Waals surface area contributed by atoms with Crippen molar-refractivity contribution >= 4 is 11.9 Å². The summed E-state index contributed by atoms with van der Waals surface area (Å²) in [5.74, 6) is 0.537. The molecule has 104 valence electrons. The first-order valence-electron chi connectivity index (χ1n) is 7.46. The molecular formula is C17H19NO2. The summed E-state index contributed by atoms with van der Waals surface area (Å²) in [6.45, 7) is 1.50. The maximum atomic E-state index is 12.8. The second-order valence-electron chi connectivity index (χ2n) is 6.18. The molecular weight excluding hydrogens is 250 g/mol. The van der Waals surface area contributed by atoms with Crippen molar-refractivity contribution in [3.8, 4) is 0 Å². The van der Waals surface area contributed by atoms with E-state index in [1.165, 1.54) is 11.1 Å². The van der Waals surface area contributed by atoms with Crippen molar-refractivity contribution in [1.29, 1.82) is 0 Å². The fraction of sp³-hybridized carbons (Fsp3) is 0.471. The van der Waals surface area contributed by atoms with Crippen molar-refractivity contribution < 1.29 is 9.53 Å². The zero-order valence-corrected chi connectivity index (χ0v) is 11.5. The predicted molar refractivity (Wildman–Crippen MR) is 77.4 cm³/mol. The minimum atomic E-state index is 0.177. The summed E-state index contributed by atoms with van der Waals surface area (Å²) in [4.78, 5) is 12.8. The van der Waals surface area contributed by atoms with E-state index in [2.05, 4.69) is 23.5 Å². The second-order valence-corrected chi connectivity index (χ2v) is 6.18. The maximum Gasteiger partial charge on any atom is 0.162 e. The quantitative estimate of drug-likeness (QED) is 0.892. The molecule has 2 aliphatic heterocycles. The molecule has 2 saturated heterocycles. The average Bonchev–Trinajstić information content (AvgIpc) is 2.90. The van der Waals surface area contributed by atoms with Gasteiger partial charge in [0.05, 0.1) is 13.2 Å². The lowest BCUT2D eigenvalue weighted by Crippen LogP contribution is -2.55. The van der Waals surface area contributed by atoms with Gasteiger partial charge in [-0.3, -0.25) is 4.79 Å². The van der Waals surface area contributed by atoms with Crippen molar-refractivity contribution in [1.82, 2.24) is 5.32 Å². The molecule has 0 aromatic heterocycles. The fourth-order valence-electron chi connectivity index (χ4n) is 3.75. The molecule has 0 saturated carbocycles. The lowest BCUT2D eigenvalue weighted by atomic mass is 9.81. The molecule has 2 unspecified atom stereocenters.